The average Bonchev–Trinajstić information content (AvgIpc) is 2.67. The highest BCUT2D eigenvalue weighted by Crippen LogP contribution is 2.20. The van der Waals surface area contributed by atoms with Gasteiger partial charge in [0.2, 0.25) is 0 Å². The molecule has 7 heteroatoms. The monoisotopic (exact) mass is 337 g/mol. The van der Waals surface area contributed by atoms with E-state index in [0.717, 1.165) is 37.6 Å². The Kier molecular flexibility index (Phi) is 5.36. The van der Waals surface area contributed by atoms with E-state index in [1.807, 2.05) is 36.5 Å². The van der Waals surface area contributed by atoms with Crippen LogP contribution < -0.4 is 4.90 Å². The van der Waals surface area contributed by atoms with Gasteiger partial charge in [0.15, 0.2) is 0 Å². The molecule has 2 aromatic rings. The van der Waals surface area contributed by atoms with Crippen molar-refractivity contribution in [1.29, 1.82) is 0 Å². The molecule has 25 heavy (non-hydrogen) atoms. The van der Waals surface area contributed by atoms with Crippen LogP contribution in [0.3, 0.4) is 0 Å². The van der Waals surface area contributed by atoms with E-state index in [9.17, 15) is 10.1 Å². The van der Waals surface area contributed by atoms with E-state index in [-0.39, 0.29) is 10.6 Å². The second-order valence-electron chi connectivity index (χ2n) is 5.65. The van der Waals surface area contributed by atoms with Gasteiger partial charge in [0.25, 0.3) is 5.69 Å². The van der Waals surface area contributed by atoms with Gasteiger partial charge in [-0.3, -0.25) is 10.1 Å². The van der Waals surface area contributed by atoms with Crippen LogP contribution in [0.2, 0.25) is 0 Å². The largest absolute Gasteiger partial charge is 0.373 e. The standard InChI is InChI=1S/C18H19N5O2/c24-23(25)18-8-6-17(7-9-18)22-14-12-21(13-15-22)11-10-19-20-16-4-2-1-3-5-16/h1-11H,12-15H2. The SMILES string of the molecule is O=[N+]([O-])c1ccc(N2CCN(C=CN=Nc3ccccc3)CC2)cc1. The fraction of sp³-hybridized carbons (Fsp3) is 0.222. The lowest BCUT2D eigenvalue weighted by molar-refractivity contribution is -0.384. The number of anilines is 1. The Bertz CT molecular complexity index is 751. The number of hydrogen-bond acceptors (Lipinski definition) is 6. The molecule has 3 rings (SSSR count). The van der Waals surface area contributed by atoms with Crippen LogP contribution in [0.25, 0.3) is 0 Å². The molecule has 0 bridgehead atoms. The van der Waals surface area contributed by atoms with Crippen molar-refractivity contribution in [3.8, 4) is 0 Å². The number of benzene rings is 2. The summed E-state index contributed by atoms with van der Waals surface area (Å²) in [5, 5.41) is 18.9. The zero-order valence-electron chi connectivity index (χ0n) is 13.7. The van der Waals surface area contributed by atoms with Crippen LogP contribution in [0.5, 0.6) is 0 Å². The first-order chi connectivity index (χ1) is 12.2. The maximum absolute atomic E-state index is 10.7. The molecule has 0 aromatic heterocycles. The van der Waals surface area contributed by atoms with Gasteiger partial charge < -0.3 is 9.80 Å². The smallest absolute Gasteiger partial charge is 0.269 e. The highest BCUT2D eigenvalue weighted by atomic mass is 16.6. The molecule has 0 saturated carbocycles. The Hall–Kier alpha value is -3.22. The molecule has 7 nitrogen and oxygen atoms in total. The molecular formula is C18H19N5O2. The van der Waals surface area contributed by atoms with Crippen molar-refractivity contribution in [2.24, 2.45) is 10.2 Å². The lowest BCUT2D eigenvalue weighted by Gasteiger charge is -2.35. The summed E-state index contributed by atoms with van der Waals surface area (Å²) in [6, 6.07) is 16.3. The van der Waals surface area contributed by atoms with E-state index in [0.29, 0.717) is 0 Å². The summed E-state index contributed by atoms with van der Waals surface area (Å²) in [5.74, 6) is 0. The van der Waals surface area contributed by atoms with Crippen molar-refractivity contribution in [2.75, 3.05) is 31.1 Å². The van der Waals surface area contributed by atoms with Crippen LogP contribution in [-0.2, 0) is 0 Å². The number of nitro groups is 1. The van der Waals surface area contributed by atoms with Crippen LogP contribution in [0.1, 0.15) is 0 Å². The molecule has 1 aliphatic rings. The van der Waals surface area contributed by atoms with E-state index in [1.165, 1.54) is 0 Å². The normalized spacial score (nSPS) is 15.2. The number of azo groups is 1. The first-order valence-electron chi connectivity index (χ1n) is 8.08. The molecule has 1 heterocycles. The maximum Gasteiger partial charge on any atom is 0.269 e. The average molecular weight is 337 g/mol. The Labute approximate surface area is 146 Å². The molecule has 1 aliphatic heterocycles. The fourth-order valence-corrected chi connectivity index (χ4v) is 2.63. The van der Waals surface area contributed by atoms with Gasteiger partial charge >= 0.3 is 0 Å². The predicted molar refractivity (Wildman–Crippen MR) is 97.0 cm³/mol. The lowest BCUT2D eigenvalue weighted by atomic mass is 10.2. The molecule has 0 spiro atoms. The fourth-order valence-electron chi connectivity index (χ4n) is 2.63. The topological polar surface area (TPSA) is 74.3 Å². The zero-order chi connectivity index (χ0) is 17.5. The summed E-state index contributed by atoms with van der Waals surface area (Å²) in [6.07, 6.45) is 3.65. The van der Waals surface area contributed by atoms with Crippen molar-refractivity contribution in [1.82, 2.24) is 4.90 Å². The summed E-state index contributed by atoms with van der Waals surface area (Å²) in [7, 11) is 0. The van der Waals surface area contributed by atoms with E-state index < -0.39 is 0 Å². The van der Waals surface area contributed by atoms with Crippen molar-refractivity contribution >= 4 is 17.1 Å². The van der Waals surface area contributed by atoms with Gasteiger partial charge in [-0.15, -0.1) is 0 Å². The molecule has 0 amide bonds. The van der Waals surface area contributed by atoms with Crippen molar-refractivity contribution in [3.05, 3.63) is 77.1 Å². The molecule has 1 saturated heterocycles. The highest BCUT2D eigenvalue weighted by Gasteiger charge is 2.15. The molecule has 2 aromatic carbocycles. The summed E-state index contributed by atoms with van der Waals surface area (Å²) in [4.78, 5) is 14.7. The maximum atomic E-state index is 10.7. The summed E-state index contributed by atoms with van der Waals surface area (Å²) >= 11 is 0. The lowest BCUT2D eigenvalue weighted by Crippen LogP contribution is -2.44. The van der Waals surface area contributed by atoms with Crippen molar-refractivity contribution in [2.45, 2.75) is 0 Å². The van der Waals surface area contributed by atoms with Gasteiger partial charge in [0.05, 0.1) is 16.8 Å². The quantitative estimate of drug-likeness (QED) is 0.470. The molecule has 1 fully saturated rings. The predicted octanol–water partition coefficient (Wildman–Crippen LogP) is 3.97. The molecule has 0 unspecified atom stereocenters. The third kappa shape index (κ3) is 4.63. The van der Waals surface area contributed by atoms with Crippen LogP contribution in [0.4, 0.5) is 17.1 Å². The molecule has 0 atom stereocenters. The van der Waals surface area contributed by atoms with E-state index in [4.69, 9.17) is 0 Å². The van der Waals surface area contributed by atoms with Gasteiger partial charge in [-0.2, -0.15) is 10.2 Å². The second kappa shape index (κ2) is 8.05. The van der Waals surface area contributed by atoms with Crippen molar-refractivity contribution in [3.63, 3.8) is 0 Å². The van der Waals surface area contributed by atoms with E-state index in [2.05, 4.69) is 20.0 Å². The number of piperazine rings is 1. The second-order valence-corrected chi connectivity index (χ2v) is 5.65. The summed E-state index contributed by atoms with van der Waals surface area (Å²) in [6.45, 7) is 3.46. The van der Waals surface area contributed by atoms with Crippen LogP contribution >= 0.6 is 0 Å². The van der Waals surface area contributed by atoms with Crippen LogP contribution in [-0.4, -0.2) is 36.0 Å². The third-order valence-corrected chi connectivity index (χ3v) is 4.01. The van der Waals surface area contributed by atoms with E-state index in [1.54, 1.807) is 30.5 Å². The first-order valence-corrected chi connectivity index (χ1v) is 8.08. The number of hydrogen-bond donors (Lipinski definition) is 0. The molecular weight excluding hydrogens is 318 g/mol. The zero-order valence-corrected chi connectivity index (χ0v) is 13.7. The Morgan fingerprint density at radius 3 is 2.28 bits per heavy atom. The molecule has 0 N–H and O–H groups in total. The molecule has 128 valence electrons. The van der Waals surface area contributed by atoms with Gasteiger partial charge in [0, 0.05) is 50.2 Å². The third-order valence-electron chi connectivity index (χ3n) is 4.01. The Morgan fingerprint density at radius 2 is 1.64 bits per heavy atom. The Balaban J connectivity index is 1.49. The minimum Gasteiger partial charge on any atom is -0.373 e. The first kappa shape index (κ1) is 16.6. The number of nitro benzene ring substituents is 1. The van der Waals surface area contributed by atoms with Crippen molar-refractivity contribution < 1.29 is 4.92 Å². The molecule has 0 radical (unpaired) electrons. The molecule has 0 aliphatic carbocycles. The van der Waals surface area contributed by atoms with Gasteiger partial charge in [0.1, 0.15) is 0 Å². The van der Waals surface area contributed by atoms with Crippen LogP contribution in [0.15, 0.2) is 77.2 Å². The minimum absolute atomic E-state index is 0.120. The van der Waals surface area contributed by atoms with Gasteiger partial charge in [-0.1, -0.05) is 18.2 Å². The number of nitrogens with zero attached hydrogens (tertiary/aromatic N) is 5. The summed E-state index contributed by atoms with van der Waals surface area (Å²) in [5.41, 5.74) is 1.96. The van der Waals surface area contributed by atoms with Gasteiger partial charge in [-0.05, 0) is 24.3 Å². The number of rotatable bonds is 5. The van der Waals surface area contributed by atoms with Gasteiger partial charge in [-0.25, -0.2) is 0 Å². The summed E-state index contributed by atoms with van der Waals surface area (Å²) < 4.78 is 0. The number of non-ortho nitro benzene ring substituents is 1. The minimum atomic E-state index is -0.378. The van der Waals surface area contributed by atoms with E-state index >= 15 is 0 Å². The Morgan fingerprint density at radius 1 is 0.960 bits per heavy atom. The highest BCUT2D eigenvalue weighted by molar-refractivity contribution is 5.51. The van der Waals surface area contributed by atoms with Crippen LogP contribution in [0, 0.1) is 10.1 Å².